The Morgan fingerprint density at radius 2 is 2.04 bits per heavy atom. The average molecular weight is 397 g/mol. The van der Waals surface area contributed by atoms with Crippen LogP contribution in [0.2, 0.25) is 0 Å². The number of nitrogens with one attached hydrogen (secondary N) is 1. The third-order valence-corrected chi connectivity index (χ3v) is 8.71. The van der Waals surface area contributed by atoms with Gasteiger partial charge in [-0.25, -0.2) is 8.42 Å². The van der Waals surface area contributed by atoms with E-state index < -0.39 is 10.0 Å². The maximum atomic E-state index is 12.7. The molecule has 0 atom stereocenters. The third-order valence-electron chi connectivity index (χ3n) is 5.26. The molecular formula is C19H28N2O3S2. The Kier molecular flexibility index (Phi) is 6.53. The number of nitrogens with zero attached hydrogens (tertiary/aromatic N) is 1. The fourth-order valence-electron chi connectivity index (χ4n) is 3.49. The molecule has 1 N–H and O–H groups in total. The first kappa shape index (κ1) is 19.6. The minimum Gasteiger partial charge on any atom is -0.351 e. The van der Waals surface area contributed by atoms with Crippen molar-refractivity contribution in [2.45, 2.75) is 56.1 Å². The number of sulfonamides is 1. The van der Waals surface area contributed by atoms with Crippen LogP contribution < -0.4 is 5.32 Å². The van der Waals surface area contributed by atoms with Crippen molar-refractivity contribution in [3.8, 4) is 0 Å². The van der Waals surface area contributed by atoms with Crippen LogP contribution in [0.15, 0.2) is 28.0 Å². The lowest BCUT2D eigenvalue weighted by Gasteiger charge is -2.28. The van der Waals surface area contributed by atoms with Gasteiger partial charge >= 0.3 is 0 Å². The average Bonchev–Trinajstić information content (AvgIpc) is 3.14. The highest BCUT2D eigenvalue weighted by atomic mass is 32.2. The number of amides is 1. The summed E-state index contributed by atoms with van der Waals surface area (Å²) in [4.78, 5) is 12.8. The molecule has 0 saturated carbocycles. The Morgan fingerprint density at radius 3 is 2.73 bits per heavy atom. The van der Waals surface area contributed by atoms with Crippen molar-refractivity contribution in [2.24, 2.45) is 5.92 Å². The fraction of sp³-hybridized carbons (Fsp3) is 0.632. The summed E-state index contributed by atoms with van der Waals surface area (Å²) in [7, 11) is -3.47. The van der Waals surface area contributed by atoms with Crippen LogP contribution in [0.5, 0.6) is 0 Å². The molecule has 0 unspecified atom stereocenters. The first-order valence-corrected chi connectivity index (χ1v) is 11.8. The molecule has 2 aliphatic rings. The van der Waals surface area contributed by atoms with Crippen LogP contribution in [0, 0.1) is 5.92 Å². The van der Waals surface area contributed by atoms with E-state index in [9.17, 15) is 13.2 Å². The van der Waals surface area contributed by atoms with Gasteiger partial charge in [0.15, 0.2) is 0 Å². The molecule has 5 nitrogen and oxygen atoms in total. The molecule has 2 heterocycles. The van der Waals surface area contributed by atoms with E-state index in [4.69, 9.17) is 0 Å². The van der Waals surface area contributed by atoms with E-state index in [2.05, 4.69) is 18.3 Å². The summed E-state index contributed by atoms with van der Waals surface area (Å²) in [5.74, 6) is 0.394. The van der Waals surface area contributed by atoms with Gasteiger partial charge in [-0.15, -0.1) is 11.3 Å². The Balaban J connectivity index is 1.56. The van der Waals surface area contributed by atoms with Gasteiger partial charge < -0.3 is 5.32 Å². The number of allylic oxidation sites excluding steroid dienone is 1. The molecular weight excluding hydrogens is 368 g/mol. The molecule has 0 bridgehead atoms. The molecule has 7 heteroatoms. The maximum Gasteiger partial charge on any atom is 0.261 e. The van der Waals surface area contributed by atoms with Gasteiger partial charge in [-0.05, 0) is 63.0 Å². The fourth-order valence-corrected chi connectivity index (χ4v) is 6.34. The summed E-state index contributed by atoms with van der Waals surface area (Å²) >= 11 is 1.07. The normalized spacial score (nSPS) is 20.0. The van der Waals surface area contributed by atoms with Crippen molar-refractivity contribution in [2.75, 3.05) is 19.6 Å². The summed E-state index contributed by atoms with van der Waals surface area (Å²) in [5.41, 5.74) is 1.42. The number of carbonyl (C=O) groups is 1. The molecule has 1 saturated heterocycles. The van der Waals surface area contributed by atoms with Gasteiger partial charge in [0, 0.05) is 19.6 Å². The summed E-state index contributed by atoms with van der Waals surface area (Å²) in [6.07, 6.45) is 9.73. The van der Waals surface area contributed by atoms with Gasteiger partial charge in [0.25, 0.3) is 15.9 Å². The molecule has 1 aromatic heterocycles. The van der Waals surface area contributed by atoms with Crippen molar-refractivity contribution >= 4 is 27.3 Å². The van der Waals surface area contributed by atoms with Gasteiger partial charge in [-0.2, -0.15) is 4.31 Å². The zero-order valence-electron chi connectivity index (χ0n) is 15.4. The Bertz CT molecular complexity index is 760. The highest BCUT2D eigenvalue weighted by Crippen LogP contribution is 2.28. The van der Waals surface area contributed by atoms with Crippen LogP contribution in [0.4, 0.5) is 0 Å². The van der Waals surface area contributed by atoms with Crippen molar-refractivity contribution in [1.82, 2.24) is 9.62 Å². The van der Waals surface area contributed by atoms with Crippen LogP contribution in [-0.4, -0.2) is 38.3 Å². The Morgan fingerprint density at radius 1 is 1.27 bits per heavy atom. The lowest BCUT2D eigenvalue weighted by Crippen LogP contribution is -2.37. The summed E-state index contributed by atoms with van der Waals surface area (Å²) in [6, 6.07) is 3.19. The monoisotopic (exact) mass is 396 g/mol. The zero-order chi connectivity index (χ0) is 18.6. The van der Waals surface area contributed by atoms with E-state index in [0.717, 1.165) is 43.4 Å². The third kappa shape index (κ3) is 4.75. The van der Waals surface area contributed by atoms with Crippen LogP contribution in [-0.2, 0) is 10.0 Å². The van der Waals surface area contributed by atoms with Gasteiger partial charge in [-0.1, -0.05) is 18.6 Å². The molecule has 1 amide bonds. The highest BCUT2D eigenvalue weighted by Gasteiger charge is 2.29. The number of carbonyl (C=O) groups excluding carboxylic acids is 1. The lowest BCUT2D eigenvalue weighted by molar-refractivity contribution is 0.0958. The van der Waals surface area contributed by atoms with Crippen LogP contribution in [0.3, 0.4) is 0 Å². The second-order valence-corrected chi connectivity index (χ2v) is 10.6. The molecule has 1 aromatic rings. The Hall–Kier alpha value is -1.18. The van der Waals surface area contributed by atoms with Gasteiger partial charge in [0.05, 0.1) is 4.88 Å². The van der Waals surface area contributed by atoms with Gasteiger partial charge in [0.2, 0.25) is 0 Å². The van der Waals surface area contributed by atoms with Crippen LogP contribution in [0.25, 0.3) is 0 Å². The predicted octanol–water partition coefficient (Wildman–Crippen LogP) is 3.79. The van der Waals surface area contributed by atoms with Crippen molar-refractivity contribution in [1.29, 1.82) is 0 Å². The van der Waals surface area contributed by atoms with E-state index >= 15 is 0 Å². The van der Waals surface area contributed by atoms with E-state index in [1.54, 1.807) is 16.4 Å². The highest BCUT2D eigenvalue weighted by molar-refractivity contribution is 7.91. The van der Waals surface area contributed by atoms with E-state index in [1.807, 2.05) is 0 Å². The molecule has 26 heavy (non-hydrogen) atoms. The van der Waals surface area contributed by atoms with E-state index in [0.29, 0.717) is 30.4 Å². The van der Waals surface area contributed by atoms with Crippen molar-refractivity contribution in [3.05, 3.63) is 28.7 Å². The maximum absolute atomic E-state index is 12.7. The smallest absolute Gasteiger partial charge is 0.261 e. The number of rotatable bonds is 6. The molecule has 0 aromatic carbocycles. The molecule has 144 valence electrons. The largest absolute Gasteiger partial charge is 0.351 e. The zero-order valence-corrected chi connectivity index (χ0v) is 17.0. The minimum absolute atomic E-state index is 0.180. The summed E-state index contributed by atoms with van der Waals surface area (Å²) in [5, 5.41) is 2.92. The second kappa shape index (κ2) is 8.67. The Labute approximate surface area is 160 Å². The molecule has 1 fully saturated rings. The summed E-state index contributed by atoms with van der Waals surface area (Å²) < 4.78 is 27.3. The molecule has 3 rings (SSSR count). The van der Waals surface area contributed by atoms with Crippen LogP contribution >= 0.6 is 11.3 Å². The van der Waals surface area contributed by atoms with E-state index in [-0.39, 0.29) is 10.1 Å². The SMILES string of the molecule is CC1CCN(S(=O)(=O)c2ccc(C(=O)NCCC3=CCCCC3)s2)CC1. The van der Waals surface area contributed by atoms with Gasteiger partial charge in [-0.3, -0.25) is 4.79 Å². The standard InChI is InChI=1S/C19H28N2O3S2/c1-15-10-13-21(14-11-15)26(23,24)18-8-7-17(25-18)19(22)20-12-9-16-5-3-2-4-6-16/h5,7-8,15H,2-4,6,9-14H2,1H3,(H,20,22). The van der Waals surface area contributed by atoms with Crippen LogP contribution in [0.1, 0.15) is 61.5 Å². The lowest BCUT2D eigenvalue weighted by atomic mass is 9.97. The second-order valence-electron chi connectivity index (χ2n) is 7.32. The topological polar surface area (TPSA) is 66.5 Å². The minimum atomic E-state index is -3.47. The molecule has 1 aliphatic heterocycles. The number of hydrogen-bond acceptors (Lipinski definition) is 4. The van der Waals surface area contributed by atoms with Crippen molar-refractivity contribution in [3.63, 3.8) is 0 Å². The van der Waals surface area contributed by atoms with Gasteiger partial charge in [0.1, 0.15) is 4.21 Å². The van der Waals surface area contributed by atoms with Crippen molar-refractivity contribution < 1.29 is 13.2 Å². The van der Waals surface area contributed by atoms with E-state index in [1.165, 1.54) is 18.4 Å². The molecule has 0 radical (unpaired) electrons. The number of thiophene rings is 1. The summed E-state index contributed by atoms with van der Waals surface area (Å²) in [6.45, 7) is 3.89. The number of piperidine rings is 1. The number of hydrogen-bond donors (Lipinski definition) is 1. The first-order chi connectivity index (χ1) is 12.5. The first-order valence-electron chi connectivity index (χ1n) is 9.53. The molecule has 1 aliphatic carbocycles. The predicted molar refractivity (Wildman–Crippen MR) is 105 cm³/mol. The molecule has 0 spiro atoms. The quantitative estimate of drug-likeness (QED) is 0.744.